The van der Waals surface area contributed by atoms with Crippen LogP contribution in [0.3, 0.4) is 0 Å². The zero-order chi connectivity index (χ0) is 14.3. The van der Waals surface area contributed by atoms with Gasteiger partial charge in [0.25, 0.3) is 0 Å². The van der Waals surface area contributed by atoms with Gasteiger partial charge in [-0.25, -0.2) is 9.97 Å². The molecule has 2 aromatic rings. The number of benzene rings is 1. The summed E-state index contributed by atoms with van der Waals surface area (Å²) in [6.45, 7) is 3.17. The highest BCUT2D eigenvalue weighted by atomic mass is 16.5. The molecule has 0 saturated carbocycles. The zero-order valence-corrected chi connectivity index (χ0v) is 11.6. The van der Waals surface area contributed by atoms with Crippen molar-refractivity contribution in [3.05, 3.63) is 48.3 Å². The fourth-order valence-corrected chi connectivity index (χ4v) is 2.09. The Hall–Kier alpha value is -2.47. The molecule has 0 aliphatic carbocycles. The maximum atomic E-state index is 5.34. The molecule has 0 unspecified atom stereocenters. The molecular formula is C15H17N5O. The van der Waals surface area contributed by atoms with Gasteiger partial charge in [-0.3, -0.25) is 5.43 Å². The molecule has 2 heterocycles. The minimum absolute atomic E-state index is 0.679. The topological polar surface area (TPSA) is 62.6 Å². The molecule has 0 radical (unpaired) electrons. The van der Waals surface area contributed by atoms with E-state index in [1.807, 2.05) is 36.4 Å². The van der Waals surface area contributed by atoms with Crippen LogP contribution in [0.1, 0.15) is 5.56 Å². The highest BCUT2D eigenvalue weighted by Gasteiger charge is 2.12. The average molecular weight is 283 g/mol. The van der Waals surface area contributed by atoms with Crippen molar-refractivity contribution in [1.29, 1.82) is 0 Å². The molecule has 3 rings (SSSR count). The number of hydrazone groups is 1. The van der Waals surface area contributed by atoms with Crippen molar-refractivity contribution in [2.75, 3.05) is 36.6 Å². The number of hydrogen-bond acceptors (Lipinski definition) is 6. The lowest BCUT2D eigenvalue weighted by molar-refractivity contribution is 0.122. The van der Waals surface area contributed by atoms with Gasteiger partial charge in [-0.1, -0.05) is 30.3 Å². The lowest BCUT2D eigenvalue weighted by Crippen LogP contribution is -2.36. The Kier molecular flexibility index (Phi) is 4.38. The summed E-state index contributed by atoms with van der Waals surface area (Å²) in [4.78, 5) is 10.6. The molecule has 108 valence electrons. The molecule has 0 bridgehead atoms. The summed E-state index contributed by atoms with van der Waals surface area (Å²) in [5.74, 6) is 1.57. The number of anilines is 2. The van der Waals surface area contributed by atoms with Gasteiger partial charge in [0, 0.05) is 19.2 Å². The third-order valence-electron chi connectivity index (χ3n) is 3.18. The molecule has 1 saturated heterocycles. The van der Waals surface area contributed by atoms with Gasteiger partial charge in [-0.15, -0.1) is 0 Å². The molecule has 0 amide bonds. The maximum Gasteiger partial charge on any atom is 0.151 e. The number of hydrogen-bond donors (Lipinski definition) is 1. The van der Waals surface area contributed by atoms with Crippen molar-refractivity contribution in [2.24, 2.45) is 5.10 Å². The standard InChI is InChI=1S/C15H17N5O/c1-2-4-13(5-3-1)11-18-19-14-10-15(17-12-16-14)20-6-8-21-9-7-20/h1-5,10-12H,6-9H2,(H,16,17,19)/b18-11+. The molecule has 6 nitrogen and oxygen atoms in total. The second-order valence-electron chi connectivity index (χ2n) is 4.64. The summed E-state index contributed by atoms with van der Waals surface area (Å²) in [5.41, 5.74) is 3.97. The Morgan fingerprint density at radius 1 is 1.14 bits per heavy atom. The molecule has 1 aliphatic rings. The molecule has 1 aromatic heterocycles. The van der Waals surface area contributed by atoms with E-state index in [-0.39, 0.29) is 0 Å². The number of rotatable bonds is 4. The van der Waals surface area contributed by atoms with E-state index in [0.717, 1.165) is 37.7 Å². The van der Waals surface area contributed by atoms with Crippen LogP contribution in [-0.2, 0) is 4.74 Å². The number of morpholine rings is 1. The Morgan fingerprint density at radius 2 is 1.95 bits per heavy atom. The summed E-state index contributed by atoms with van der Waals surface area (Å²) in [6, 6.07) is 11.8. The highest BCUT2D eigenvalue weighted by Crippen LogP contribution is 2.15. The van der Waals surface area contributed by atoms with Gasteiger partial charge in [0.1, 0.15) is 12.1 Å². The first kappa shape index (κ1) is 13.5. The van der Waals surface area contributed by atoms with E-state index in [2.05, 4.69) is 25.4 Å². The second-order valence-corrected chi connectivity index (χ2v) is 4.64. The van der Waals surface area contributed by atoms with Crippen LogP contribution in [-0.4, -0.2) is 42.5 Å². The predicted octanol–water partition coefficient (Wildman–Crippen LogP) is 1.76. The molecular weight excluding hydrogens is 266 g/mol. The maximum absolute atomic E-state index is 5.34. The monoisotopic (exact) mass is 283 g/mol. The lowest BCUT2D eigenvalue weighted by Gasteiger charge is -2.27. The van der Waals surface area contributed by atoms with Gasteiger partial charge in [0.15, 0.2) is 5.82 Å². The van der Waals surface area contributed by atoms with Gasteiger partial charge in [0.2, 0.25) is 0 Å². The lowest BCUT2D eigenvalue weighted by atomic mass is 10.2. The van der Waals surface area contributed by atoms with Crippen molar-refractivity contribution in [3.8, 4) is 0 Å². The molecule has 1 N–H and O–H groups in total. The van der Waals surface area contributed by atoms with E-state index in [1.54, 1.807) is 12.5 Å². The first-order chi connectivity index (χ1) is 10.4. The van der Waals surface area contributed by atoms with Crippen LogP contribution in [0.25, 0.3) is 0 Å². The van der Waals surface area contributed by atoms with Gasteiger partial charge in [-0.2, -0.15) is 5.10 Å². The van der Waals surface area contributed by atoms with Crippen LogP contribution in [0.15, 0.2) is 47.8 Å². The number of nitrogens with zero attached hydrogens (tertiary/aromatic N) is 4. The van der Waals surface area contributed by atoms with E-state index in [4.69, 9.17) is 4.74 Å². The quantitative estimate of drug-likeness (QED) is 0.684. The van der Waals surface area contributed by atoms with Crippen molar-refractivity contribution >= 4 is 17.9 Å². The van der Waals surface area contributed by atoms with Gasteiger partial charge in [-0.05, 0) is 5.56 Å². The van der Waals surface area contributed by atoms with E-state index in [0.29, 0.717) is 5.82 Å². The third-order valence-corrected chi connectivity index (χ3v) is 3.18. The molecule has 6 heteroatoms. The molecule has 1 aliphatic heterocycles. The van der Waals surface area contributed by atoms with Crippen LogP contribution in [0.2, 0.25) is 0 Å². The van der Waals surface area contributed by atoms with E-state index in [9.17, 15) is 0 Å². The van der Waals surface area contributed by atoms with Crippen molar-refractivity contribution in [2.45, 2.75) is 0 Å². The fourth-order valence-electron chi connectivity index (χ4n) is 2.09. The van der Waals surface area contributed by atoms with Crippen LogP contribution in [0, 0.1) is 0 Å². The Labute approximate surface area is 123 Å². The summed E-state index contributed by atoms with van der Waals surface area (Å²) in [6.07, 6.45) is 3.31. The summed E-state index contributed by atoms with van der Waals surface area (Å²) in [7, 11) is 0. The van der Waals surface area contributed by atoms with E-state index < -0.39 is 0 Å². The van der Waals surface area contributed by atoms with Gasteiger partial charge >= 0.3 is 0 Å². The third kappa shape index (κ3) is 3.76. The minimum Gasteiger partial charge on any atom is -0.378 e. The van der Waals surface area contributed by atoms with Crippen LogP contribution >= 0.6 is 0 Å². The van der Waals surface area contributed by atoms with Crippen LogP contribution < -0.4 is 10.3 Å². The first-order valence-electron chi connectivity index (χ1n) is 6.91. The van der Waals surface area contributed by atoms with Gasteiger partial charge in [0.05, 0.1) is 19.4 Å². The normalized spacial score (nSPS) is 15.3. The Bertz CT molecular complexity index is 596. The SMILES string of the molecule is C(=N\Nc1cc(N2CCOCC2)ncn1)/c1ccccc1. The van der Waals surface area contributed by atoms with Crippen LogP contribution in [0.4, 0.5) is 11.6 Å². The fraction of sp³-hybridized carbons (Fsp3) is 0.267. The van der Waals surface area contributed by atoms with Gasteiger partial charge < -0.3 is 9.64 Å². The summed E-state index contributed by atoms with van der Waals surface area (Å²) in [5, 5.41) is 4.19. The summed E-state index contributed by atoms with van der Waals surface area (Å²) >= 11 is 0. The average Bonchev–Trinajstić information content (AvgIpc) is 2.57. The molecule has 0 atom stereocenters. The zero-order valence-electron chi connectivity index (χ0n) is 11.6. The number of aromatic nitrogens is 2. The molecule has 1 fully saturated rings. The number of nitrogens with one attached hydrogen (secondary N) is 1. The second kappa shape index (κ2) is 6.81. The van der Waals surface area contributed by atoms with Crippen LogP contribution in [0.5, 0.6) is 0 Å². The Morgan fingerprint density at radius 3 is 2.76 bits per heavy atom. The van der Waals surface area contributed by atoms with Crippen molar-refractivity contribution in [3.63, 3.8) is 0 Å². The smallest absolute Gasteiger partial charge is 0.151 e. The first-order valence-corrected chi connectivity index (χ1v) is 6.91. The summed E-state index contributed by atoms with van der Waals surface area (Å²) < 4.78 is 5.34. The predicted molar refractivity (Wildman–Crippen MR) is 82.7 cm³/mol. The van der Waals surface area contributed by atoms with Crippen molar-refractivity contribution < 1.29 is 4.74 Å². The minimum atomic E-state index is 0.679. The van der Waals surface area contributed by atoms with E-state index in [1.165, 1.54) is 0 Å². The molecule has 1 aromatic carbocycles. The molecule has 0 spiro atoms. The largest absolute Gasteiger partial charge is 0.378 e. The number of ether oxygens (including phenoxy) is 1. The molecule has 21 heavy (non-hydrogen) atoms. The van der Waals surface area contributed by atoms with Crippen molar-refractivity contribution in [1.82, 2.24) is 9.97 Å². The Balaban J connectivity index is 1.64. The highest BCUT2D eigenvalue weighted by molar-refractivity contribution is 5.79. The van der Waals surface area contributed by atoms with E-state index >= 15 is 0 Å².